The molecule has 0 spiro atoms. The summed E-state index contributed by atoms with van der Waals surface area (Å²) in [6.45, 7) is 2.12. The van der Waals surface area contributed by atoms with Crippen molar-refractivity contribution in [2.45, 2.75) is 19.4 Å². The number of carbonyl (C=O) groups excluding carboxylic acids is 1. The topological polar surface area (TPSA) is 72.5 Å². The first-order chi connectivity index (χ1) is 12.3. The Morgan fingerprint density at radius 2 is 2.00 bits per heavy atom. The van der Waals surface area contributed by atoms with Crippen LogP contribution in [0, 0.1) is 5.92 Å². The maximum Gasteiger partial charge on any atom is 0.228 e. The van der Waals surface area contributed by atoms with Crippen LogP contribution in [-0.4, -0.2) is 31.1 Å². The molecule has 1 aliphatic heterocycles. The van der Waals surface area contributed by atoms with Gasteiger partial charge in [0.1, 0.15) is 6.61 Å². The molecule has 0 bridgehead atoms. The number of nitrogens with zero attached hydrogens (tertiary/aromatic N) is 1. The number of amides is 1. The van der Waals surface area contributed by atoms with Gasteiger partial charge in [0.25, 0.3) is 0 Å². The van der Waals surface area contributed by atoms with Gasteiger partial charge in [0.05, 0.1) is 13.0 Å². The summed E-state index contributed by atoms with van der Waals surface area (Å²) in [7, 11) is 1.60. The summed E-state index contributed by atoms with van der Waals surface area (Å²) in [4.78, 5) is 16.4. The Kier molecular flexibility index (Phi) is 9.93. The van der Waals surface area contributed by atoms with E-state index in [-0.39, 0.29) is 36.6 Å². The Morgan fingerprint density at radius 1 is 1.22 bits per heavy atom. The molecule has 2 N–H and O–H groups in total. The number of piperidine rings is 1. The molecule has 0 radical (unpaired) electrons. The Balaban J connectivity index is 0.00000182. The van der Waals surface area contributed by atoms with Gasteiger partial charge in [-0.3, -0.25) is 9.78 Å². The summed E-state index contributed by atoms with van der Waals surface area (Å²) in [6, 6.07) is 9.22. The maximum absolute atomic E-state index is 12.4. The lowest BCUT2D eigenvalue weighted by Gasteiger charge is -2.22. The molecule has 1 aromatic heterocycles. The van der Waals surface area contributed by atoms with Gasteiger partial charge < -0.3 is 20.1 Å². The van der Waals surface area contributed by atoms with E-state index < -0.39 is 0 Å². The Hall–Kier alpha value is -2.02. The van der Waals surface area contributed by atoms with Gasteiger partial charge in [-0.2, -0.15) is 0 Å². The number of anilines is 1. The van der Waals surface area contributed by atoms with E-state index in [4.69, 9.17) is 9.47 Å². The van der Waals surface area contributed by atoms with Crippen molar-refractivity contribution in [3.05, 3.63) is 48.3 Å². The average Bonchev–Trinajstić information content (AvgIpc) is 2.68. The number of nitrogens with one attached hydrogen (secondary N) is 2. The van der Waals surface area contributed by atoms with Crippen LogP contribution in [-0.2, 0) is 11.4 Å². The second-order valence-corrected chi connectivity index (χ2v) is 6.04. The summed E-state index contributed by atoms with van der Waals surface area (Å²) < 4.78 is 11.2. The quantitative estimate of drug-likeness (QED) is 0.758. The molecule has 27 heavy (non-hydrogen) atoms. The molecule has 1 atom stereocenters. The molecule has 2 heterocycles. The number of aromatic nitrogens is 1. The van der Waals surface area contributed by atoms with Crippen LogP contribution in [0.4, 0.5) is 5.69 Å². The Morgan fingerprint density at radius 3 is 2.67 bits per heavy atom. The second kappa shape index (κ2) is 11.6. The third-order valence-electron chi connectivity index (χ3n) is 4.24. The summed E-state index contributed by atoms with van der Waals surface area (Å²) in [5, 5.41) is 6.24. The molecule has 0 aliphatic carbocycles. The van der Waals surface area contributed by atoms with E-state index in [2.05, 4.69) is 15.6 Å². The third kappa shape index (κ3) is 6.57. The molecule has 8 heteroatoms. The lowest BCUT2D eigenvalue weighted by atomic mass is 9.99. The fourth-order valence-electron chi connectivity index (χ4n) is 2.83. The molecule has 1 aliphatic rings. The molecule has 1 amide bonds. The van der Waals surface area contributed by atoms with Crippen LogP contribution in [0.3, 0.4) is 0 Å². The summed E-state index contributed by atoms with van der Waals surface area (Å²) >= 11 is 0. The summed E-state index contributed by atoms with van der Waals surface area (Å²) in [5.74, 6) is 1.28. The molecule has 6 nitrogen and oxygen atoms in total. The Labute approximate surface area is 171 Å². The van der Waals surface area contributed by atoms with E-state index in [9.17, 15) is 4.79 Å². The largest absolute Gasteiger partial charge is 0.493 e. The zero-order valence-corrected chi connectivity index (χ0v) is 16.8. The van der Waals surface area contributed by atoms with Crippen molar-refractivity contribution in [3.8, 4) is 11.5 Å². The number of benzene rings is 1. The predicted octanol–water partition coefficient (Wildman–Crippen LogP) is 3.45. The van der Waals surface area contributed by atoms with Crippen LogP contribution in [0.25, 0.3) is 0 Å². The third-order valence-corrected chi connectivity index (χ3v) is 4.24. The molecular weight excluding hydrogens is 389 g/mol. The van der Waals surface area contributed by atoms with Crippen molar-refractivity contribution in [2.75, 3.05) is 25.5 Å². The highest BCUT2D eigenvalue weighted by molar-refractivity contribution is 5.93. The number of halogens is 2. The standard InChI is InChI=1S/C19H23N3O3.2ClH/c1-24-17-5-4-16(22-19(23)15-3-2-8-21-12-15)11-18(17)25-13-14-6-9-20-10-7-14;;/h4-7,9-11,15,21H,2-3,8,12-13H2,1H3,(H,22,23);2*1H. The minimum atomic E-state index is 0. The summed E-state index contributed by atoms with van der Waals surface area (Å²) in [6.07, 6.45) is 5.40. The summed E-state index contributed by atoms with van der Waals surface area (Å²) in [5.41, 5.74) is 1.72. The highest BCUT2D eigenvalue weighted by atomic mass is 35.5. The number of hydrogen-bond acceptors (Lipinski definition) is 5. The minimum absolute atomic E-state index is 0. The first-order valence-corrected chi connectivity index (χ1v) is 8.47. The van der Waals surface area contributed by atoms with Gasteiger partial charge in [-0.25, -0.2) is 0 Å². The molecule has 3 rings (SSSR count). The van der Waals surface area contributed by atoms with Gasteiger partial charge in [0, 0.05) is 30.7 Å². The molecule has 1 saturated heterocycles. The van der Waals surface area contributed by atoms with Crippen molar-refractivity contribution in [1.82, 2.24) is 10.3 Å². The van der Waals surface area contributed by atoms with E-state index in [1.165, 1.54) is 0 Å². The first-order valence-electron chi connectivity index (χ1n) is 8.47. The zero-order valence-electron chi connectivity index (χ0n) is 15.1. The van der Waals surface area contributed by atoms with Gasteiger partial charge in [0.15, 0.2) is 11.5 Å². The minimum Gasteiger partial charge on any atom is -0.493 e. The molecule has 1 unspecified atom stereocenters. The Bertz CT molecular complexity index is 711. The lowest BCUT2D eigenvalue weighted by molar-refractivity contribution is -0.120. The van der Waals surface area contributed by atoms with E-state index in [1.807, 2.05) is 18.2 Å². The van der Waals surface area contributed by atoms with E-state index >= 15 is 0 Å². The van der Waals surface area contributed by atoms with Crippen LogP contribution in [0.5, 0.6) is 11.5 Å². The van der Waals surface area contributed by atoms with Crippen LogP contribution in [0.15, 0.2) is 42.7 Å². The fourth-order valence-corrected chi connectivity index (χ4v) is 2.83. The molecule has 148 valence electrons. The van der Waals surface area contributed by atoms with Crippen molar-refractivity contribution < 1.29 is 14.3 Å². The van der Waals surface area contributed by atoms with Gasteiger partial charge in [-0.15, -0.1) is 24.8 Å². The average molecular weight is 414 g/mol. The van der Waals surface area contributed by atoms with Crippen molar-refractivity contribution in [1.29, 1.82) is 0 Å². The SMILES string of the molecule is COc1ccc(NC(=O)C2CCCNC2)cc1OCc1ccncc1.Cl.Cl. The van der Waals surface area contributed by atoms with E-state index in [0.717, 1.165) is 31.5 Å². The number of methoxy groups -OCH3 is 1. The molecule has 2 aromatic rings. The first kappa shape index (κ1) is 23.0. The molecule has 0 saturated carbocycles. The maximum atomic E-state index is 12.4. The normalized spacial score (nSPS) is 15.7. The van der Waals surface area contributed by atoms with Crippen molar-refractivity contribution >= 4 is 36.4 Å². The second-order valence-electron chi connectivity index (χ2n) is 6.04. The molecule has 1 fully saturated rings. The van der Waals surface area contributed by atoms with Gasteiger partial charge in [0.2, 0.25) is 5.91 Å². The number of rotatable bonds is 6. The van der Waals surface area contributed by atoms with E-state index in [1.54, 1.807) is 31.6 Å². The van der Waals surface area contributed by atoms with Crippen molar-refractivity contribution in [3.63, 3.8) is 0 Å². The zero-order chi connectivity index (χ0) is 17.5. The van der Waals surface area contributed by atoms with Crippen LogP contribution >= 0.6 is 24.8 Å². The smallest absolute Gasteiger partial charge is 0.228 e. The number of pyridine rings is 1. The fraction of sp³-hybridized carbons (Fsp3) is 0.368. The monoisotopic (exact) mass is 413 g/mol. The van der Waals surface area contributed by atoms with Gasteiger partial charge in [-0.05, 0) is 49.2 Å². The molecule has 1 aromatic carbocycles. The van der Waals surface area contributed by atoms with Crippen LogP contribution < -0.4 is 20.1 Å². The predicted molar refractivity (Wildman–Crippen MR) is 110 cm³/mol. The number of ether oxygens (including phenoxy) is 2. The van der Waals surface area contributed by atoms with Gasteiger partial charge >= 0.3 is 0 Å². The number of carbonyl (C=O) groups is 1. The van der Waals surface area contributed by atoms with Gasteiger partial charge in [-0.1, -0.05) is 0 Å². The lowest BCUT2D eigenvalue weighted by Crippen LogP contribution is -2.37. The number of hydrogen-bond donors (Lipinski definition) is 2. The van der Waals surface area contributed by atoms with Crippen LogP contribution in [0.2, 0.25) is 0 Å². The highest BCUT2D eigenvalue weighted by Crippen LogP contribution is 2.31. The highest BCUT2D eigenvalue weighted by Gasteiger charge is 2.21. The molecular formula is C19H25Cl2N3O3. The van der Waals surface area contributed by atoms with E-state index in [0.29, 0.717) is 23.8 Å². The van der Waals surface area contributed by atoms with Crippen LogP contribution in [0.1, 0.15) is 18.4 Å². The van der Waals surface area contributed by atoms with Crippen molar-refractivity contribution in [2.24, 2.45) is 5.92 Å².